The van der Waals surface area contributed by atoms with E-state index in [0.717, 1.165) is 32.1 Å². The van der Waals surface area contributed by atoms with Crippen LogP contribution in [-0.2, 0) is 9.53 Å². The molecule has 0 amide bonds. The van der Waals surface area contributed by atoms with E-state index >= 15 is 0 Å². The quantitative estimate of drug-likeness (QED) is 0.149. The zero-order valence-electron chi connectivity index (χ0n) is 15.9. The van der Waals surface area contributed by atoms with Crippen molar-refractivity contribution in [2.24, 2.45) is 0 Å². The molecule has 0 aromatic carbocycles. The number of alkyl halides is 1. The van der Waals surface area contributed by atoms with Crippen molar-refractivity contribution in [2.45, 2.75) is 90.1 Å². The molecule has 0 aliphatic heterocycles. The average Bonchev–Trinajstić information content (AvgIpc) is 2.62. The maximum atomic E-state index is 11.4. The number of ether oxygens (including phenoxy) is 1. The Morgan fingerprint density at radius 1 is 0.960 bits per heavy atom. The molecule has 0 saturated carbocycles. The molecule has 0 bridgehead atoms. The van der Waals surface area contributed by atoms with E-state index in [1.165, 1.54) is 38.5 Å². The summed E-state index contributed by atoms with van der Waals surface area (Å²) in [4.78, 5) is 11.4. The van der Waals surface area contributed by atoms with Gasteiger partial charge in [0.05, 0.1) is 5.88 Å². The number of halogens is 1. The number of carbonyl (C=O) groups is 1. The Bertz CT molecular complexity index is 353. The van der Waals surface area contributed by atoms with Crippen LogP contribution in [0.5, 0.6) is 0 Å². The predicted molar refractivity (Wildman–Crippen MR) is 107 cm³/mol. The molecule has 0 aliphatic rings. The number of unbranched alkanes of at least 4 members (excludes halogenated alkanes) is 8. The summed E-state index contributed by atoms with van der Waals surface area (Å²) < 4.78 is 4.93. The third-order valence-corrected chi connectivity index (χ3v) is 4.30. The highest BCUT2D eigenvalue weighted by molar-refractivity contribution is 6.18. The highest BCUT2D eigenvalue weighted by Gasteiger charge is 2.07. The Morgan fingerprint density at radius 3 is 2.20 bits per heavy atom. The Hall–Kier alpha value is -0.800. The molecule has 25 heavy (non-hydrogen) atoms. The molecule has 4 heteroatoms. The number of allylic oxidation sites excluding steroid dienone is 4. The van der Waals surface area contributed by atoms with Gasteiger partial charge in [-0.3, -0.25) is 4.79 Å². The first-order chi connectivity index (χ1) is 12.2. The van der Waals surface area contributed by atoms with Gasteiger partial charge in [-0.05, 0) is 38.5 Å². The standard InChI is InChI=1S/C21H37ClO3/c1-2-3-4-5-6-7-8-9-10-11-12-13-14-15-16-17-21(24)25-19-20(23)18-22/h6-7,9-10,20,23H,2-5,8,11-19H2,1H3/b7-6+,10-9+/t20-/m0/s1. The van der Waals surface area contributed by atoms with Gasteiger partial charge in [-0.2, -0.15) is 0 Å². The van der Waals surface area contributed by atoms with Gasteiger partial charge in [0.2, 0.25) is 0 Å². The highest BCUT2D eigenvalue weighted by atomic mass is 35.5. The van der Waals surface area contributed by atoms with Crippen molar-refractivity contribution in [3.8, 4) is 0 Å². The molecule has 0 rings (SSSR count). The lowest BCUT2D eigenvalue weighted by atomic mass is 10.1. The third kappa shape index (κ3) is 19.4. The van der Waals surface area contributed by atoms with Crippen LogP contribution in [0.1, 0.15) is 84.0 Å². The minimum atomic E-state index is -0.754. The lowest BCUT2D eigenvalue weighted by molar-refractivity contribution is -0.146. The summed E-state index contributed by atoms with van der Waals surface area (Å²) in [6.07, 6.45) is 21.6. The smallest absolute Gasteiger partial charge is 0.305 e. The summed E-state index contributed by atoms with van der Waals surface area (Å²) in [7, 11) is 0. The molecule has 0 aromatic rings. The van der Waals surface area contributed by atoms with Gasteiger partial charge in [-0.1, -0.05) is 63.3 Å². The SMILES string of the molecule is CCCCC/C=C/C/C=C/CCCCCCCC(=O)OC[C@@H](O)CCl. The van der Waals surface area contributed by atoms with Crippen molar-refractivity contribution < 1.29 is 14.6 Å². The molecule has 0 aliphatic carbocycles. The molecule has 0 fully saturated rings. The van der Waals surface area contributed by atoms with Crippen LogP contribution in [0, 0.1) is 0 Å². The van der Waals surface area contributed by atoms with E-state index in [2.05, 4.69) is 31.2 Å². The maximum Gasteiger partial charge on any atom is 0.305 e. The summed E-state index contributed by atoms with van der Waals surface area (Å²) in [5.74, 6) is -0.147. The number of aliphatic hydroxyl groups excluding tert-OH is 1. The topological polar surface area (TPSA) is 46.5 Å². The molecule has 0 saturated heterocycles. The fraction of sp³-hybridized carbons (Fsp3) is 0.762. The molecule has 1 atom stereocenters. The van der Waals surface area contributed by atoms with Gasteiger partial charge >= 0.3 is 5.97 Å². The number of hydrogen-bond acceptors (Lipinski definition) is 3. The third-order valence-electron chi connectivity index (χ3n) is 3.95. The van der Waals surface area contributed by atoms with Crippen LogP contribution in [0.15, 0.2) is 24.3 Å². The number of rotatable bonds is 17. The number of hydrogen-bond donors (Lipinski definition) is 1. The summed E-state index contributed by atoms with van der Waals surface area (Å²) in [5.41, 5.74) is 0. The van der Waals surface area contributed by atoms with Crippen molar-refractivity contribution in [2.75, 3.05) is 12.5 Å². The summed E-state index contributed by atoms with van der Waals surface area (Å²) in [5, 5.41) is 9.19. The van der Waals surface area contributed by atoms with E-state index in [9.17, 15) is 9.90 Å². The van der Waals surface area contributed by atoms with E-state index < -0.39 is 6.10 Å². The zero-order valence-corrected chi connectivity index (χ0v) is 16.7. The van der Waals surface area contributed by atoms with E-state index in [1.807, 2.05) is 0 Å². The van der Waals surface area contributed by atoms with Crippen LogP contribution in [0.4, 0.5) is 0 Å². The number of esters is 1. The van der Waals surface area contributed by atoms with Crippen LogP contribution in [0.2, 0.25) is 0 Å². The Labute approximate surface area is 159 Å². The van der Waals surface area contributed by atoms with Crippen LogP contribution < -0.4 is 0 Å². The van der Waals surface area contributed by atoms with Crippen molar-refractivity contribution in [1.82, 2.24) is 0 Å². The second-order valence-corrected chi connectivity index (χ2v) is 6.78. The van der Waals surface area contributed by atoms with E-state index in [-0.39, 0.29) is 18.5 Å². The molecular weight excluding hydrogens is 336 g/mol. The van der Waals surface area contributed by atoms with Crippen LogP contribution >= 0.6 is 11.6 Å². The lowest BCUT2D eigenvalue weighted by Crippen LogP contribution is -2.19. The molecule has 146 valence electrons. The monoisotopic (exact) mass is 372 g/mol. The van der Waals surface area contributed by atoms with Gasteiger partial charge in [-0.15, -0.1) is 11.6 Å². The molecule has 0 radical (unpaired) electrons. The molecule has 0 aromatic heterocycles. The molecule has 3 nitrogen and oxygen atoms in total. The van der Waals surface area contributed by atoms with Gasteiger partial charge in [-0.25, -0.2) is 0 Å². The highest BCUT2D eigenvalue weighted by Crippen LogP contribution is 2.09. The molecule has 0 unspecified atom stereocenters. The van der Waals surface area contributed by atoms with Gasteiger partial charge in [0.25, 0.3) is 0 Å². The molecule has 0 spiro atoms. The first-order valence-corrected chi connectivity index (χ1v) is 10.4. The van der Waals surface area contributed by atoms with Crippen molar-refractivity contribution in [1.29, 1.82) is 0 Å². The summed E-state index contributed by atoms with van der Waals surface area (Å²) in [6, 6.07) is 0. The van der Waals surface area contributed by atoms with Crippen LogP contribution in [0.25, 0.3) is 0 Å². The van der Waals surface area contributed by atoms with Crippen LogP contribution in [-0.4, -0.2) is 29.7 Å². The first-order valence-electron chi connectivity index (χ1n) is 9.90. The van der Waals surface area contributed by atoms with Crippen molar-refractivity contribution in [3.63, 3.8) is 0 Å². The minimum Gasteiger partial charge on any atom is -0.463 e. The molecule has 1 N–H and O–H groups in total. The minimum absolute atomic E-state index is 0.00258. The molecule has 0 heterocycles. The second-order valence-electron chi connectivity index (χ2n) is 6.47. The van der Waals surface area contributed by atoms with E-state index in [4.69, 9.17) is 16.3 Å². The van der Waals surface area contributed by atoms with Gasteiger partial charge in [0, 0.05) is 6.42 Å². The normalized spacial score (nSPS) is 12.9. The van der Waals surface area contributed by atoms with Gasteiger partial charge in [0.1, 0.15) is 12.7 Å². The lowest BCUT2D eigenvalue weighted by Gasteiger charge is -2.07. The van der Waals surface area contributed by atoms with Crippen molar-refractivity contribution >= 4 is 17.6 Å². The summed E-state index contributed by atoms with van der Waals surface area (Å²) in [6.45, 7) is 2.24. The predicted octanol–water partition coefficient (Wildman–Crippen LogP) is 5.94. The largest absolute Gasteiger partial charge is 0.463 e. The van der Waals surface area contributed by atoms with Crippen molar-refractivity contribution in [3.05, 3.63) is 24.3 Å². The Morgan fingerprint density at radius 2 is 1.56 bits per heavy atom. The van der Waals surface area contributed by atoms with Gasteiger partial charge in [0.15, 0.2) is 0 Å². The van der Waals surface area contributed by atoms with Crippen LogP contribution in [0.3, 0.4) is 0 Å². The summed E-state index contributed by atoms with van der Waals surface area (Å²) >= 11 is 5.43. The molecular formula is C21H37ClO3. The second kappa shape index (κ2) is 19.5. The fourth-order valence-electron chi connectivity index (χ4n) is 2.39. The Balaban J connectivity index is 3.30. The Kier molecular flexibility index (Phi) is 18.9. The zero-order chi connectivity index (χ0) is 18.6. The van der Waals surface area contributed by atoms with E-state index in [0.29, 0.717) is 6.42 Å². The van der Waals surface area contributed by atoms with E-state index in [1.54, 1.807) is 0 Å². The fourth-order valence-corrected chi connectivity index (χ4v) is 2.48. The van der Waals surface area contributed by atoms with Gasteiger partial charge < -0.3 is 9.84 Å². The number of aliphatic hydroxyl groups is 1. The number of carbonyl (C=O) groups excluding carboxylic acids is 1. The average molecular weight is 373 g/mol. The maximum absolute atomic E-state index is 11.4. The first kappa shape index (κ1) is 24.2.